The van der Waals surface area contributed by atoms with Crippen molar-refractivity contribution in [3.8, 4) is 5.75 Å². The molecular formula is C16H11ClN2O3S. The number of rotatable bonds is 3. The zero-order valence-corrected chi connectivity index (χ0v) is 13.3. The van der Waals surface area contributed by atoms with Gasteiger partial charge >= 0.3 is 0 Å². The Hall–Kier alpha value is -2.44. The molecule has 7 heteroatoms. The molecule has 116 valence electrons. The standard InChI is InChI=1S/C16H11ClN2O3S/c17-10-6-7-13(20)12(9-10)18-16-19-15(21)14(23-16)5-1-3-11-4-2-8-22-11/h1-9,20H,(H,18,19,21)/b3-1+,14-5-. The number of phenols is 1. The Balaban J connectivity index is 1.76. The summed E-state index contributed by atoms with van der Waals surface area (Å²) in [6.07, 6.45) is 6.72. The van der Waals surface area contributed by atoms with Crippen LogP contribution in [0.4, 0.5) is 5.69 Å². The molecule has 2 N–H and O–H groups in total. The van der Waals surface area contributed by atoms with Gasteiger partial charge in [0, 0.05) is 5.02 Å². The number of hydrogen-bond donors (Lipinski definition) is 2. The van der Waals surface area contributed by atoms with Gasteiger partial charge in [-0.25, -0.2) is 4.99 Å². The smallest absolute Gasteiger partial charge is 0.264 e. The minimum Gasteiger partial charge on any atom is -0.506 e. The number of carbonyl (C=O) groups excluding carboxylic acids is 1. The number of halogens is 1. The number of amidine groups is 1. The van der Waals surface area contributed by atoms with E-state index in [4.69, 9.17) is 16.0 Å². The molecule has 1 saturated heterocycles. The van der Waals surface area contributed by atoms with Gasteiger partial charge in [0.25, 0.3) is 5.91 Å². The molecule has 2 heterocycles. The summed E-state index contributed by atoms with van der Waals surface area (Å²) in [6, 6.07) is 8.13. The first-order valence-corrected chi connectivity index (χ1v) is 7.79. The number of nitrogens with one attached hydrogen (secondary N) is 1. The van der Waals surface area contributed by atoms with Crippen LogP contribution in [0.25, 0.3) is 6.08 Å². The van der Waals surface area contributed by atoms with Crippen molar-refractivity contribution in [2.75, 3.05) is 0 Å². The summed E-state index contributed by atoms with van der Waals surface area (Å²) in [5, 5.41) is 13.2. The zero-order chi connectivity index (χ0) is 16.2. The predicted octanol–water partition coefficient (Wildman–Crippen LogP) is 4.09. The third-order valence-corrected chi connectivity index (χ3v) is 4.02. The van der Waals surface area contributed by atoms with Crippen LogP contribution in [0.5, 0.6) is 5.75 Å². The van der Waals surface area contributed by atoms with Crippen LogP contribution >= 0.6 is 23.4 Å². The van der Waals surface area contributed by atoms with E-state index in [1.807, 2.05) is 6.07 Å². The first-order chi connectivity index (χ1) is 11.1. The summed E-state index contributed by atoms with van der Waals surface area (Å²) in [7, 11) is 0. The molecule has 0 spiro atoms. The van der Waals surface area contributed by atoms with E-state index in [9.17, 15) is 9.90 Å². The topological polar surface area (TPSA) is 74.8 Å². The van der Waals surface area contributed by atoms with Crippen LogP contribution in [-0.2, 0) is 4.79 Å². The van der Waals surface area contributed by atoms with Crippen molar-refractivity contribution in [3.63, 3.8) is 0 Å². The predicted molar refractivity (Wildman–Crippen MR) is 91.8 cm³/mol. The first-order valence-electron chi connectivity index (χ1n) is 6.60. The molecule has 1 aliphatic rings. The maximum Gasteiger partial charge on any atom is 0.264 e. The molecule has 0 saturated carbocycles. The second-order valence-corrected chi connectivity index (χ2v) is 5.98. The van der Waals surface area contributed by atoms with Crippen LogP contribution in [-0.4, -0.2) is 16.2 Å². The number of furan rings is 1. The van der Waals surface area contributed by atoms with Crippen molar-refractivity contribution in [2.24, 2.45) is 4.99 Å². The van der Waals surface area contributed by atoms with Gasteiger partial charge in [0.2, 0.25) is 0 Å². The lowest BCUT2D eigenvalue weighted by molar-refractivity contribution is -0.115. The Bertz CT molecular complexity index is 826. The molecule has 0 aliphatic carbocycles. The Morgan fingerprint density at radius 2 is 2.22 bits per heavy atom. The molecule has 0 atom stereocenters. The molecule has 0 radical (unpaired) electrons. The van der Waals surface area contributed by atoms with Crippen molar-refractivity contribution in [3.05, 3.63) is 64.4 Å². The minimum absolute atomic E-state index is 0.00751. The van der Waals surface area contributed by atoms with Crippen LogP contribution < -0.4 is 5.32 Å². The van der Waals surface area contributed by atoms with E-state index in [0.29, 0.717) is 26.5 Å². The first kappa shape index (κ1) is 15.5. The Kier molecular flexibility index (Phi) is 4.55. The molecule has 5 nitrogen and oxygen atoms in total. The fourth-order valence-corrected chi connectivity index (χ4v) is 2.76. The summed E-state index contributed by atoms with van der Waals surface area (Å²) >= 11 is 7.05. The van der Waals surface area contributed by atoms with Gasteiger partial charge in [-0.2, -0.15) is 0 Å². The Labute approximate surface area is 141 Å². The maximum absolute atomic E-state index is 11.9. The molecule has 23 heavy (non-hydrogen) atoms. The quantitative estimate of drug-likeness (QED) is 0.821. The average Bonchev–Trinajstić information content (AvgIpc) is 3.14. The van der Waals surface area contributed by atoms with Gasteiger partial charge < -0.3 is 14.8 Å². The summed E-state index contributed by atoms with van der Waals surface area (Å²) < 4.78 is 5.16. The minimum atomic E-state index is -0.251. The monoisotopic (exact) mass is 346 g/mol. The van der Waals surface area contributed by atoms with Gasteiger partial charge in [-0.05, 0) is 54.2 Å². The number of benzene rings is 1. The van der Waals surface area contributed by atoms with Gasteiger partial charge in [-0.1, -0.05) is 17.7 Å². The summed E-state index contributed by atoms with van der Waals surface area (Å²) in [5.41, 5.74) is 0.299. The summed E-state index contributed by atoms with van der Waals surface area (Å²) in [6.45, 7) is 0. The molecule has 1 aromatic carbocycles. The number of nitrogens with zero attached hydrogens (tertiary/aromatic N) is 1. The number of thioether (sulfide) groups is 1. The van der Waals surface area contributed by atoms with Crippen molar-refractivity contribution < 1.29 is 14.3 Å². The van der Waals surface area contributed by atoms with Gasteiger partial charge in [-0.15, -0.1) is 0 Å². The summed E-state index contributed by atoms with van der Waals surface area (Å²) in [4.78, 5) is 16.6. The molecule has 1 fully saturated rings. The lowest BCUT2D eigenvalue weighted by Gasteiger charge is -2.00. The van der Waals surface area contributed by atoms with E-state index < -0.39 is 0 Å². The molecule has 2 aromatic rings. The highest BCUT2D eigenvalue weighted by Gasteiger charge is 2.23. The lowest BCUT2D eigenvalue weighted by Crippen LogP contribution is -2.19. The van der Waals surface area contributed by atoms with E-state index in [-0.39, 0.29) is 11.7 Å². The van der Waals surface area contributed by atoms with Crippen molar-refractivity contribution in [2.45, 2.75) is 0 Å². The third-order valence-electron chi connectivity index (χ3n) is 2.86. The molecule has 1 aromatic heterocycles. The van der Waals surface area contributed by atoms with Crippen molar-refractivity contribution in [1.82, 2.24) is 5.32 Å². The molecule has 3 rings (SSSR count). The number of phenolic OH excluding ortho intramolecular Hbond substituents is 1. The zero-order valence-electron chi connectivity index (χ0n) is 11.7. The Morgan fingerprint density at radius 1 is 1.35 bits per heavy atom. The lowest BCUT2D eigenvalue weighted by atomic mass is 10.3. The van der Waals surface area contributed by atoms with Crippen LogP contribution in [0.15, 0.2) is 63.1 Å². The van der Waals surface area contributed by atoms with E-state index in [0.717, 1.165) is 0 Å². The van der Waals surface area contributed by atoms with E-state index in [1.165, 1.54) is 23.9 Å². The third kappa shape index (κ3) is 3.85. The summed E-state index contributed by atoms with van der Waals surface area (Å²) in [5.74, 6) is 0.439. The average molecular weight is 347 g/mol. The van der Waals surface area contributed by atoms with Crippen LogP contribution in [0.1, 0.15) is 5.76 Å². The number of amides is 1. The van der Waals surface area contributed by atoms with Crippen molar-refractivity contribution >= 4 is 46.2 Å². The highest BCUT2D eigenvalue weighted by molar-refractivity contribution is 8.18. The van der Waals surface area contributed by atoms with E-state index >= 15 is 0 Å². The molecule has 1 aliphatic heterocycles. The normalized spacial score (nSPS) is 18.2. The van der Waals surface area contributed by atoms with E-state index in [1.54, 1.807) is 36.6 Å². The van der Waals surface area contributed by atoms with Gasteiger partial charge in [-0.3, -0.25) is 4.79 Å². The highest BCUT2D eigenvalue weighted by Crippen LogP contribution is 2.32. The second kappa shape index (κ2) is 6.76. The van der Waals surface area contributed by atoms with Gasteiger partial charge in [0.1, 0.15) is 17.2 Å². The second-order valence-electron chi connectivity index (χ2n) is 4.51. The Morgan fingerprint density at radius 3 is 3.00 bits per heavy atom. The molecular weight excluding hydrogens is 336 g/mol. The maximum atomic E-state index is 11.9. The molecule has 1 amide bonds. The SMILES string of the molecule is O=C1NC(=Nc2cc(Cl)ccc2O)S/C1=C\C=C\c1ccco1. The van der Waals surface area contributed by atoms with Crippen LogP contribution in [0.3, 0.4) is 0 Å². The number of aliphatic imine (C=N–C) groups is 1. The van der Waals surface area contributed by atoms with Crippen molar-refractivity contribution in [1.29, 1.82) is 0 Å². The molecule has 0 unspecified atom stereocenters. The fourth-order valence-electron chi connectivity index (χ4n) is 1.81. The van der Waals surface area contributed by atoms with Gasteiger partial charge in [0.15, 0.2) is 5.17 Å². The fraction of sp³-hybridized carbons (Fsp3) is 0. The molecule has 0 bridgehead atoms. The number of carbonyl (C=O) groups is 1. The van der Waals surface area contributed by atoms with Crippen LogP contribution in [0, 0.1) is 0 Å². The number of hydrogen-bond acceptors (Lipinski definition) is 5. The highest BCUT2D eigenvalue weighted by atomic mass is 35.5. The van der Waals surface area contributed by atoms with Gasteiger partial charge in [0.05, 0.1) is 11.2 Å². The largest absolute Gasteiger partial charge is 0.506 e. The number of allylic oxidation sites excluding steroid dienone is 2. The van der Waals surface area contributed by atoms with Crippen LogP contribution in [0.2, 0.25) is 5.02 Å². The van der Waals surface area contributed by atoms with E-state index in [2.05, 4.69) is 10.3 Å². The number of aromatic hydroxyl groups is 1.